The summed E-state index contributed by atoms with van der Waals surface area (Å²) in [5, 5.41) is 3.43. The lowest BCUT2D eigenvalue weighted by Crippen LogP contribution is -2.43. The first-order chi connectivity index (χ1) is 15.8. The second kappa shape index (κ2) is 8.01. The molecule has 0 bridgehead atoms. The number of imidazole rings is 1. The van der Waals surface area contributed by atoms with Crippen LogP contribution in [0, 0.1) is 0 Å². The second-order valence-corrected chi connectivity index (χ2v) is 8.03. The molecule has 32 heavy (non-hydrogen) atoms. The molecule has 0 spiro atoms. The van der Waals surface area contributed by atoms with Gasteiger partial charge in [0.25, 0.3) is 0 Å². The fourth-order valence-corrected chi connectivity index (χ4v) is 4.32. The Morgan fingerprint density at radius 1 is 0.844 bits per heavy atom. The standard InChI is InChI=1S/C25H23N7/c1-2-4-21-20(3-1)28-16-23(29-21)25-30-22-6-5-19(31-13-11-27-12-14-31)15-24(22)32(25)17-18-7-9-26-10-8-18/h1-10,15-16,27H,11-14,17H2. The van der Waals surface area contributed by atoms with Crippen LogP contribution in [0.2, 0.25) is 0 Å². The molecule has 1 aliphatic heterocycles. The van der Waals surface area contributed by atoms with Gasteiger partial charge in [-0.3, -0.25) is 9.97 Å². The topological polar surface area (TPSA) is 71.8 Å². The molecule has 7 nitrogen and oxygen atoms in total. The van der Waals surface area contributed by atoms with Crippen LogP contribution in [0.5, 0.6) is 0 Å². The fraction of sp³-hybridized carbons (Fsp3) is 0.200. The third kappa shape index (κ3) is 3.46. The number of para-hydroxylation sites is 2. The van der Waals surface area contributed by atoms with E-state index < -0.39 is 0 Å². The van der Waals surface area contributed by atoms with Crippen LogP contribution in [0.25, 0.3) is 33.6 Å². The first-order valence-electron chi connectivity index (χ1n) is 10.9. The number of hydrogen-bond acceptors (Lipinski definition) is 6. The van der Waals surface area contributed by atoms with Crippen molar-refractivity contribution in [3.8, 4) is 11.5 Å². The number of anilines is 1. The summed E-state index contributed by atoms with van der Waals surface area (Å²) >= 11 is 0. The van der Waals surface area contributed by atoms with Crippen molar-refractivity contribution in [1.29, 1.82) is 0 Å². The van der Waals surface area contributed by atoms with E-state index in [-0.39, 0.29) is 0 Å². The zero-order valence-corrected chi connectivity index (χ0v) is 17.6. The molecule has 4 heterocycles. The number of aromatic nitrogens is 5. The molecular formula is C25H23N7. The molecule has 0 amide bonds. The van der Waals surface area contributed by atoms with Crippen molar-refractivity contribution in [3.05, 3.63) is 78.8 Å². The Bertz CT molecular complexity index is 1390. The van der Waals surface area contributed by atoms with Crippen molar-refractivity contribution < 1.29 is 0 Å². The van der Waals surface area contributed by atoms with Gasteiger partial charge >= 0.3 is 0 Å². The lowest BCUT2D eigenvalue weighted by Gasteiger charge is -2.29. The highest BCUT2D eigenvalue weighted by molar-refractivity contribution is 5.84. The number of rotatable bonds is 4. The van der Waals surface area contributed by atoms with Gasteiger partial charge in [0.15, 0.2) is 5.82 Å². The molecule has 1 fully saturated rings. The van der Waals surface area contributed by atoms with Crippen molar-refractivity contribution in [2.75, 3.05) is 31.1 Å². The maximum Gasteiger partial charge on any atom is 0.161 e. The lowest BCUT2D eigenvalue weighted by molar-refractivity contribution is 0.589. The molecule has 7 heteroatoms. The summed E-state index contributed by atoms with van der Waals surface area (Å²) in [4.78, 5) is 21.1. The summed E-state index contributed by atoms with van der Waals surface area (Å²) in [6, 6.07) is 18.6. The van der Waals surface area contributed by atoms with Crippen LogP contribution in [-0.2, 0) is 6.54 Å². The smallest absolute Gasteiger partial charge is 0.161 e. The number of nitrogens with one attached hydrogen (secondary N) is 1. The third-order valence-corrected chi connectivity index (χ3v) is 5.98. The van der Waals surface area contributed by atoms with Crippen LogP contribution >= 0.6 is 0 Å². The first-order valence-corrected chi connectivity index (χ1v) is 10.9. The summed E-state index contributed by atoms with van der Waals surface area (Å²) < 4.78 is 2.25. The molecule has 3 aromatic heterocycles. The van der Waals surface area contributed by atoms with Gasteiger partial charge in [-0.15, -0.1) is 0 Å². The molecule has 1 N–H and O–H groups in total. The largest absolute Gasteiger partial charge is 0.369 e. The highest BCUT2D eigenvalue weighted by atomic mass is 15.2. The SMILES string of the molecule is c1ccc2nc(-c3nc4ccc(N5CCNCC5)cc4n3Cc3ccncc3)cnc2c1. The zero-order valence-electron chi connectivity index (χ0n) is 17.6. The maximum absolute atomic E-state index is 4.99. The molecule has 1 aliphatic rings. The number of fused-ring (bicyclic) bond motifs is 2. The molecule has 1 saturated heterocycles. The van der Waals surface area contributed by atoms with Gasteiger partial charge in [0.05, 0.1) is 28.3 Å². The van der Waals surface area contributed by atoms with E-state index in [0.29, 0.717) is 6.54 Å². The lowest BCUT2D eigenvalue weighted by atomic mass is 10.2. The molecule has 5 aromatic rings. The molecular weight excluding hydrogens is 398 g/mol. The minimum absolute atomic E-state index is 0.688. The monoisotopic (exact) mass is 421 g/mol. The van der Waals surface area contributed by atoms with Gasteiger partial charge < -0.3 is 14.8 Å². The number of benzene rings is 2. The van der Waals surface area contributed by atoms with E-state index in [1.54, 1.807) is 0 Å². The number of nitrogens with zero attached hydrogens (tertiary/aromatic N) is 6. The molecule has 2 aromatic carbocycles. The van der Waals surface area contributed by atoms with E-state index in [1.165, 1.54) is 11.3 Å². The predicted octanol–water partition coefficient (Wildman–Crippen LogP) is 3.50. The van der Waals surface area contributed by atoms with Gasteiger partial charge in [0.2, 0.25) is 0 Å². The Kier molecular flexibility index (Phi) is 4.73. The zero-order chi connectivity index (χ0) is 21.3. The van der Waals surface area contributed by atoms with E-state index >= 15 is 0 Å². The van der Waals surface area contributed by atoms with E-state index in [1.807, 2.05) is 55.0 Å². The van der Waals surface area contributed by atoms with Gasteiger partial charge in [0, 0.05) is 50.8 Å². The van der Waals surface area contributed by atoms with Gasteiger partial charge in [-0.25, -0.2) is 9.97 Å². The molecule has 0 saturated carbocycles. The highest BCUT2D eigenvalue weighted by Gasteiger charge is 2.18. The average molecular weight is 422 g/mol. The Hall–Kier alpha value is -3.84. The molecule has 0 radical (unpaired) electrons. The maximum atomic E-state index is 4.99. The average Bonchev–Trinajstić information content (AvgIpc) is 3.22. The van der Waals surface area contributed by atoms with Crippen molar-refractivity contribution in [1.82, 2.24) is 29.8 Å². The Morgan fingerprint density at radius 2 is 1.66 bits per heavy atom. The van der Waals surface area contributed by atoms with Crippen LogP contribution in [0.3, 0.4) is 0 Å². The minimum Gasteiger partial charge on any atom is -0.369 e. The Morgan fingerprint density at radius 3 is 2.50 bits per heavy atom. The summed E-state index contributed by atoms with van der Waals surface area (Å²) in [6.45, 7) is 4.71. The van der Waals surface area contributed by atoms with Crippen molar-refractivity contribution in [3.63, 3.8) is 0 Å². The van der Waals surface area contributed by atoms with Crippen molar-refractivity contribution in [2.45, 2.75) is 6.54 Å². The summed E-state index contributed by atoms with van der Waals surface area (Å²) in [7, 11) is 0. The van der Waals surface area contributed by atoms with Gasteiger partial charge in [0.1, 0.15) is 5.69 Å². The molecule has 0 atom stereocenters. The molecule has 0 aliphatic carbocycles. The van der Waals surface area contributed by atoms with Gasteiger partial charge in [-0.05, 0) is 48.0 Å². The Balaban J connectivity index is 1.51. The minimum atomic E-state index is 0.688. The van der Waals surface area contributed by atoms with E-state index in [0.717, 1.165) is 59.8 Å². The number of hydrogen-bond donors (Lipinski definition) is 1. The predicted molar refractivity (Wildman–Crippen MR) is 127 cm³/mol. The second-order valence-electron chi connectivity index (χ2n) is 8.03. The third-order valence-electron chi connectivity index (χ3n) is 5.98. The normalized spacial score (nSPS) is 14.3. The number of piperazine rings is 1. The van der Waals surface area contributed by atoms with Gasteiger partial charge in [-0.1, -0.05) is 12.1 Å². The number of pyridine rings is 1. The molecule has 0 unspecified atom stereocenters. The fourth-order valence-electron chi connectivity index (χ4n) is 4.32. The van der Waals surface area contributed by atoms with Crippen LogP contribution in [0.15, 0.2) is 73.2 Å². The van der Waals surface area contributed by atoms with Crippen LogP contribution in [0.1, 0.15) is 5.56 Å². The van der Waals surface area contributed by atoms with Crippen LogP contribution < -0.4 is 10.2 Å². The van der Waals surface area contributed by atoms with E-state index in [9.17, 15) is 0 Å². The van der Waals surface area contributed by atoms with Crippen LogP contribution in [0.4, 0.5) is 5.69 Å². The van der Waals surface area contributed by atoms with Gasteiger partial charge in [-0.2, -0.15) is 0 Å². The van der Waals surface area contributed by atoms with Crippen molar-refractivity contribution in [2.24, 2.45) is 0 Å². The summed E-state index contributed by atoms with van der Waals surface area (Å²) in [5.74, 6) is 0.826. The van der Waals surface area contributed by atoms with Crippen LogP contribution in [-0.4, -0.2) is 50.7 Å². The van der Waals surface area contributed by atoms with E-state index in [2.05, 4.69) is 43.0 Å². The quantitative estimate of drug-likeness (QED) is 0.479. The Labute approximate surface area is 185 Å². The summed E-state index contributed by atoms with van der Waals surface area (Å²) in [5.41, 5.74) is 6.99. The first kappa shape index (κ1) is 18.9. The van der Waals surface area contributed by atoms with Crippen molar-refractivity contribution >= 4 is 27.8 Å². The highest BCUT2D eigenvalue weighted by Crippen LogP contribution is 2.29. The summed E-state index contributed by atoms with van der Waals surface area (Å²) in [6.07, 6.45) is 5.48. The molecule has 158 valence electrons. The van der Waals surface area contributed by atoms with E-state index in [4.69, 9.17) is 9.97 Å². The molecule has 6 rings (SSSR count).